The van der Waals surface area contributed by atoms with Crippen molar-refractivity contribution in [1.82, 2.24) is 5.32 Å². The van der Waals surface area contributed by atoms with Crippen molar-refractivity contribution in [3.8, 4) is 0 Å². The molecule has 1 heterocycles. The third-order valence-electron chi connectivity index (χ3n) is 3.54. The second-order valence-electron chi connectivity index (χ2n) is 4.56. The molecule has 0 radical (unpaired) electrons. The summed E-state index contributed by atoms with van der Waals surface area (Å²) < 4.78 is 14.2. The molecule has 0 spiro atoms. The van der Waals surface area contributed by atoms with Crippen LogP contribution in [0.3, 0.4) is 0 Å². The Morgan fingerprint density at radius 2 is 1.83 bits per heavy atom. The van der Waals surface area contributed by atoms with Crippen LogP contribution in [0, 0.1) is 11.8 Å². The second-order valence-corrected chi connectivity index (χ2v) is 4.56. The van der Waals surface area contributed by atoms with Crippen LogP contribution in [0.25, 0.3) is 0 Å². The Morgan fingerprint density at radius 1 is 1.25 bits per heavy atom. The van der Waals surface area contributed by atoms with Gasteiger partial charge >= 0.3 is 0 Å². The Kier molecular flexibility index (Phi) is 2.11. The van der Waals surface area contributed by atoms with Crippen molar-refractivity contribution >= 4 is 0 Å². The summed E-state index contributed by atoms with van der Waals surface area (Å²) in [5.41, 5.74) is -0.808. The summed E-state index contributed by atoms with van der Waals surface area (Å²) in [5, 5.41) is 3.21. The van der Waals surface area contributed by atoms with E-state index in [4.69, 9.17) is 0 Å². The highest BCUT2D eigenvalue weighted by Crippen LogP contribution is 2.46. The van der Waals surface area contributed by atoms with Crippen LogP contribution < -0.4 is 5.32 Å². The minimum absolute atomic E-state index is 0.384. The van der Waals surface area contributed by atoms with Gasteiger partial charge in [0.1, 0.15) is 5.67 Å². The van der Waals surface area contributed by atoms with Gasteiger partial charge in [0.15, 0.2) is 0 Å². The Bertz CT molecular complexity index is 157. The number of halogens is 1. The predicted molar refractivity (Wildman–Crippen MR) is 47.8 cm³/mol. The molecule has 0 aromatic rings. The summed E-state index contributed by atoms with van der Waals surface area (Å²) in [6.07, 6.45) is 3.72. The molecule has 0 aromatic carbocycles. The Morgan fingerprint density at radius 3 is 2.33 bits per heavy atom. The van der Waals surface area contributed by atoms with Gasteiger partial charge < -0.3 is 5.32 Å². The van der Waals surface area contributed by atoms with Gasteiger partial charge in [0.25, 0.3) is 0 Å². The van der Waals surface area contributed by atoms with Gasteiger partial charge in [-0.15, -0.1) is 0 Å². The van der Waals surface area contributed by atoms with Crippen molar-refractivity contribution in [1.29, 1.82) is 0 Å². The molecule has 0 amide bonds. The third kappa shape index (κ3) is 1.37. The molecule has 0 bridgehead atoms. The first-order valence-electron chi connectivity index (χ1n) is 5.10. The molecule has 70 valence electrons. The van der Waals surface area contributed by atoms with Crippen molar-refractivity contribution in [3.05, 3.63) is 0 Å². The highest BCUT2D eigenvalue weighted by Gasteiger charge is 2.45. The Hall–Kier alpha value is -0.110. The summed E-state index contributed by atoms with van der Waals surface area (Å²) in [5.74, 6) is 1.16. The second kappa shape index (κ2) is 2.99. The van der Waals surface area contributed by atoms with Gasteiger partial charge in [0.2, 0.25) is 0 Å². The molecule has 2 rings (SSSR count). The molecule has 0 atom stereocenters. The predicted octanol–water partition coefficient (Wildman–Crippen LogP) is 2.12. The lowest BCUT2D eigenvalue weighted by atomic mass is 9.65. The van der Waals surface area contributed by atoms with Crippen LogP contribution in [-0.2, 0) is 0 Å². The van der Waals surface area contributed by atoms with Crippen molar-refractivity contribution in [2.75, 3.05) is 13.1 Å². The normalized spacial score (nSPS) is 40.5. The SMILES string of the molecule is CC1CC(C2(F)CCNCC2)C1. The number of hydrogen-bond donors (Lipinski definition) is 1. The average Bonchev–Trinajstić information content (AvgIpc) is 2.00. The van der Waals surface area contributed by atoms with Crippen LogP contribution in [0.2, 0.25) is 0 Å². The van der Waals surface area contributed by atoms with E-state index in [1.807, 2.05) is 0 Å². The number of alkyl halides is 1. The number of nitrogens with one attached hydrogen (secondary N) is 1. The maximum absolute atomic E-state index is 14.2. The monoisotopic (exact) mass is 171 g/mol. The molecule has 1 aliphatic carbocycles. The molecule has 12 heavy (non-hydrogen) atoms. The van der Waals surface area contributed by atoms with Crippen molar-refractivity contribution in [3.63, 3.8) is 0 Å². The maximum Gasteiger partial charge on any atom is 0.116 e. The van der Waals surface area contributed by atoms with Crippen LogP contribution in [0.4, 0.5) is 4.39 Å². The smallest absolute Gasteiger partial charge is 0.116 e. The van der Waals surface area contributed by atoms with Gasteiger partial charge in [-0.3, -0.25) is 0 Å². The van der Waals surface area contributed by atoms with Gasteiger partial charge in [-0.1, -0.05) is 6.92 Å². The van der Waals surface area contributed by atoms with Gasteiger partial charge in [0, 0.05) is 0 Å². The van der Waals surface area contributed by atoms with Gasteiger partial charge in [-0.25, -0.2) is 4.39 Å². The fourth-order valence-corrected chi connectivity index (χ4v) is 2.58. The van der Waals surface area contributed by atoms with E-state index in [2.05, 4.69) is 12.2 Å². The summed E-state index contributed by atoms with van der Waals surface area (Å²) in [6, 6.07) is 0. The Balaban J connectivity index is 1.91. The molecule has 2 heteroatoms. The zero-order chi connectivity index (χ0) is 8.60. The number of hydrogen-bond acceptors (Lipinski definition) is 1. The van der Waals surface area contributed by atoms with Crippen molar-refractivity contribution in [2.24, 2.45) is 11.8 Å². The standard InChI is InChI=1S/C10H18FN/c1-8-6-9(7-8)10(11)2-4-12-5-3-10/h8-9,12H,2-7H2,1H3. The zero-order valence-corrected chi connectivity index (χ0v) is 7.78. The highest BCUT2D eigenvalue weighted by molar-refractivity contribution is 4.96. The minimum Gasteiger partial charge on any atom is -0.316 e. The molecule has 0 unspecified atom stereocenters. The highest BCUT2D eigenvalue weighted by atomic mass is 19.1. The lowest BCUT2D eigenvalue weighted by Gasteiger charge is -2.45. The quantitative estimate of drug-likeness (QED) is 0.637. The van der Waals surface area contributed by atoms with Crippen molar-refractivity contribution in [2.45, 2.75) is 38.3 Å². The first-order chi connectivity index (χ1) is 5.71. The Labute approximate surface area is 73.7 Å². The minimum atomic E-state index is -0.808. The van der Waals surface area contributed by atoms with E-state index in [-0.39, 0.29) is 0 Å². The third-order valence-corrected chi connectivity index (χ3v) is 3.54. The summed E-state index contributed by atoms with van der Waals surface area (Å²) in [4.78, 5) is 0. The molecule has 1 nitrogen and oxygen atoms in total. The van der Waals surface area contributed by atoms with Crippen LogP contribution >= 0.6 is 0 Å². The molecular weight excluding hydrogens is 153 g/mol. The molecule has 0 aromatic heterocycles. The van der Waals surface area contributed by atoms with E-state index in [1.165, 1.54) is 0 Å². The maximum atomic E-state index is 14.2. The van der Waals surface area contributed by atoms with E-state index in [1.54, 1.807) is 0 Å². The largest absolute Gasteiger partial charge is 0.316 e. The topological polar surface area (TPSA) is 12.0 Å². The van der Waals surface area contributed by atoms with E-state index in [9.17, 15) is 4.39 Å². The molecule has 2 aliphatic rings. The molecule has 2 fully saturated rings. The summed E-state index contributed by atoms with van der Waals surface area (Å²) in [6.45, 7) is 3.98. The molecule has 1 aliphatic heterocycles. The van der Waals surface area contributed by atoms with Crippen LogP contribution in [-0.4, -0.2) is 18.8 Å². The van der Waals surface area contributed by atoms with E-state index in [0.717, 1.165) is 44.7 Å². The fraction of sp³-hybridized carbons (Fsp3) is 1.00. The lowest BCUT2D eigenvalue weighted by Crippen LogP contribution is -2.48. The molecule has 1 N–H and O–H groups in total. The van der Waals surface area contributed by atoms with E-state index >= 15 is 0 Å². The van der Waals surface area contributed by atoms with Crippen LogP contribution in [0.5, 0.6) is 0 Å². The first-order valence-corrected chi connectivity index (χ1v) is 5.10. The van der Waals surface area contributed by atoms with Crippen LogP contribution in [0.1, 0.15) is 32.6 Å². The lowest BCUT2D eigenvalue weighted by molar-refractivity contribution is -0.0192. The molecule has 1 saturated carbocycles. The zero-order valence-electron chi connectivity index (χ0n) is 7.78. The van der Waals surface area contributed by atoms with E-state index in [0.29, 0.717) is 5.92 Å². The number of piperidine rings is 1. The molecule has 1 saturated heterocycles. The average molecular weight is 171 g/mol. The van der Waals surface area contributed by atoms with Gasteiger partial charge in [0.05, 0.1) is 0 Å². The fourth-order valence-electron chi connectivity index (χ4n) is 2.58. The first kappa shape index (κ1) is 8.49. The number of rotatable bonds is 1. The molecular formula is C10H18FN. The summed E-state index contributed by atoms with van der Waals surface area (Å²) >= 11 is 0. The van der Waals surface area contributed by atoms with E-state index < -0.39 is 5.67 Å². The van der Waals surface area contributed by atoms with Crippen molar-refractivity contribution < 1.29 is 4.39 Å². The van der Waals surface area contributed by atoms with Crippen LogP contribution in [0.15, 0.2) is 0 Å². The summed E-state index contributed by atoms with van der Waals surface area (Å²) in [7, 11) is 0. The van der Waals surface area contributed by atoms with Gasteiger partial charge in [-0.05, 0) is 50.6 Å². The van der Waals surface area contributed by atoms with Gasteiger partial charge in [-0.2, -0.15) is 0 Å².